The zero-order valence-corrected chi connectivity index (χ0v) is 12.0. The molecule has 3 rings (SSSR count). The molecule has 2 heteroatoms. The Labute approximate surface area is 116 Å². The molecule has 2 nitrogen and oxygen atoms in total. The van der Waals surface area contributed by atoms with Gasteiger partial charge in [0.05, 0.1) is 6.10 Å². The van der Waals surface area contributed by atoms with Crippen LogP contribution in [0, 0.1) is 17.8 Å². The highest BCUT2D eigenvalue weighted by Crippen LogP contribution is 2.51. The Morgan fingerprint density at radius 3 is 2.37 bits per heavy atom. The fourth-order valence-electron chi connectivity index (χ4n) is 4.02. The predicted octanol–water partition coefficient (Wildman–Crippen LogP) is 3.91. The summed E-state index contributed by atoms with van der Waals surface area (Å²) in [5.74, 6) is 3.49. The van der Waals surface area contributed by atoms with Gasteiger partial charge in [0.2, 0.25) is 0 Å². The minimum Gasteiger partial charge on any atom is -0.491 e. The summed E-state index contributed by atoms with van der Waals surface area (Å²) >= 11 is 0. The second kappa shape index (κ2) is 5.16. The lowest BCUT2D eigenvalue weighted by Crippen LogP contribution is -2.25. The summed E-state index contributed by atoms with van der Waals surface area (Å²) in [6.45, 7) is 4.10. The first-order valence-electron chi connectivity index (χ1n) is 7.65. The van der Waals surface area contributed by atoms with Crippen molar-refractivity contribution in [2.75, 3.05) is 0 Å². The molecule has 2 bridgehead atoms. The molecule has 2 fully saturated rings. The number of rotatable bonds is 4. The number of nitrogens with two attached hydrogens (primary N) is 1. The highest BCUT2D eigenvalue weighted by Gasteiger charge is 2.42. The van der Waals surface area contributed by atoms with E-state index in [0.29, 0.717) is 5.92 Å². The van der Waals surface area contributed by atoms with Crippen molar-refractivity contribution in [1.82, 2.24) is 0 Å². The second-order valence-electron chi connectivity index (χ2n) is 6.60. The maximum Gasteiger partial charge on any atom is 0.119 e. The number of fused-ring (bicyclic) bond motifs is 2. The van der Waals surface area contributed by atoms with Crippen LogP contribution in [0.3, 0.4) is 0 Å². The van der Waals surface area contributed by atoms with E-state index in [2.05, 4.69) is 38.1 Å². The molecule has 2 aliphatic carbocycles. The normalized spacial score (nSPS) is 30.8. The first kappa shape index (κ1) is 13.0. The topological polar surface area (TPSA) is 35.2 Å². The molecule has 0 radical (unpaired) electrons. The van der Waals surface area contributed by atoms with Crippen LogP contribution in [0.5, 0.6) is 5.75 Å². The van der Waals surface area contributed by atoms with Gasteiger partial charge < -0.3 is 10.5 Å². The van der Waals surface area contributed by atoms with Gasteiger partial charge in [-0.15, -0.1) is 0 Å². The molecule has 0 heterocycles. The summed E-state index contributed by atoms with van der Waals surface area (Å²) in [7, 11) is 0. The molecule has 2 saturated carbocycles. The first-order valence-corrected chi connectivity index (χ1v) is 7.65. The third-order valence-electron chi connectivity index (χ3n) is 4.89. The fourth-order valence-corrected chi connectivity index (χ4v) is 4.02. The molecule has 0 spiro atoms. The third kappa shape index (κ3) is 2.64. The molecule has 2 N–H and O–H groups in total. The predicted molar refractivity (Wildman–Crippen MR) is 78.1 cm³/mol. The van der Waals surface area contributed by atoms with Gasteiger partial charge in [-0.25, -0.2) is 0 Å². The molecule has 4 unspecified atom stereocenters. The first-order chi connectivity index (χ1) is 9.13. The average Bonchev–Trinajstić information content (AvgIpc) is 3.00. The Bertz CT molecular complexity index is 425. The van der Waals surface area contributed by atoms with Crippen LogP contribution in [0.25, 0.3) is 0 Å². The standard InChI is InChI=1S/C17H25NO/c1-11(2)19-15-7-5-13(6-8-15)17(18)16-10-12-3-4-14(16)9-12/h5-8,11-12,14,16-17H,3-4,9-10,18H2,1-2H3. The summed E-state index contributed by atoms with van der Waals surface area (Å²) in [5.41, 5.74) is 7.77. The van der Waals surface area contributed by atoms with Crippen LogP contribution in [0.4, 0.5) is 0 Å². The average molecular weight is 259 g/mol. The molecule has 1 aromatic rings. The van der Waals surface area contributed by atoms with Crippen LogP contribution in [-0.2, 0) is 0 Å². The number of benzene rings is 1. The summed E-state index contributed by atoms with van der Waals surface area (Å²) in [6, 6.07) is 8.62. The summed E-state index contributed by atoms with van der Waals surface area (Å²) in [5, 5.41) is 0. The van der Waals surface area contributed by atoms with E-state index in [1.54, 1.807) is 0 Å². The Balaban J connectivity index is 1.68. The second-order valence-corrected chi connectivity index (χ2v) is 6.60. The van der Waals surface area contributed by atoms with Crippen LogP contribution in [0.1, 0.15) is 51.1 Å². The van der Waals surface area contributed by atoms with Crippen molar-refractivity contribution in [3.05, 3.63) is 29.8 Å². The van der Waals surface area contributed by atoms with E-state index < -0.39 is 0 Å². The highest BCUT2D eigenvalue weighted by molar-refractivity contribution is 5.30. The molecule has 1 aromatic carbocycles. The Hall–Kier alpha value is -1.02. The Morgan fingerprint density at radius 1 is 1.11 bits per heavy atom. The molecule has 0 amide bonds. The van der Waals surface area contributed by atoms with Crippen molar-refractivity contribution in [3.8, 4) is 5.75 Å². The molecule has 4 atom stereocenters. The monoisotopic (exact) mass is 259 g/mol. The molecule has 0 saturated heterocycles. The molecule has 104 valence electrons. The van der Waals surface area contributed by atoms with Crippen LogP contribution < -0.4 is 10.5 Å². The summed E-state index contributed by atoms with van der Waals surface area (Å²) in [6.07, 6.45) is 5.83. The number of hydrogen-bond acceptors (Lipinski definition) is 2. The van der Waals surface area contributed by atoms with Crippen molar-refractivity contribution in [1.29, 1.82) is 0 Å². The lowest BCUT2D eigenvalue weighted by molar-refractivity contribution is 0.242. The molecule has 19 heavy (non-hydrogen) atoms. The minimum atomic E-state index is 0.211. The van der Waals surface area contributed by atoms with E-state index in [9.17, 15) is 0 Å². The molecular weight excluding hydrogens is 234 g/mol. The van der Waals surface area contributed by atoms with Crippen molar-refractivity contribution >= 4 is 0 Å². The maximum atomic E-state index is 6.50. The van der Waals surface area contributed by atoms with Crippen LogP contribution in [-0.4, -0.2) is 6.10 Å². The number of hydrogen-bond donors (Lipinski definition) is 1. The van der Waals surface area contributed by atoms with Crippen LogP contribution in [0.15, 0.2) is 24.3 Å². The van der Waals surface area contributed by atoms with E-state index in [1.807, 2.05) is 0 Å². The Kier molecular flexibility index (Phi) is 3.53. The van der Waals surface area contributed by atoms with Gasteiger partial charge in [0.15, 0.2) is 0 Å². The molecule has 0 aromatic heterocycles. The smallest absolute Gasteiger partial charge is 0.119 e. The summed E-state index contributed by atoms with van der Waals surface area (Å²) in [4.78, 5) is 0. The SMILES string of the molecule is CC(C)Oc1ccc(C(N)C2CC3CCC2C3)cc1. The minimum absolute atomic E-state index is 0.211. The van der Waals surface area contributed by atoms with Crippen molar-refractivity contribution in [2.45, 2.75) is 51.7 Å². The van der Waals surface area contributed by atoms with E-state index in [-0.39, 0.29) is 12.1 Å². The summed E-state index contributed by atoms with van der Waals surface area (Å²) < 4.78 is 5.68. The Morgan fingerprint density at radius 2 is 1.84 bits per heavy atom. The van der Waals surface area contributed by atoms with Crippen molar-refractivity contribution < 1.29 is 4.74 Å². The third-order valence-corrected chi connectivity index (χ3v) is 4.89. The maximum absolute atomic E-state index is 6.50. The van der Waals surface area contributed by atoms with E-state index in [0.717, 1.165) is 17.6 Å². The van der Waals surface area contributed by atoms with E-state index in [4.69, 9.17) is 10.5 Å². The fraction of sp³-hybridized carbons (Fsp3) is 0.647. The molecular formula is C17H25NO. The van der Waals surface area contributed by atoms with Gasteiger partial charge in [0.25, 0.3) is 0 Å². The number of ether oxygens (including phenoxy) is 1. The molecule has 0 aliphatic heterocycles. The van der Waals surface area contributed by atoms with Gasteiger partial charge in [-0.3, -0.25) is 0 Å². The van der Waals surface area contributed by atoms with Crippen LogP contribution in [0.2, 0.25) is 0 Å². The zero-order valence-electron chi connectivity index (χ0n) is 12.0. The van der Waals surface area contributed by atoms with Gasteiger partial charge in [-0.05, 0) is 68.6 Å². The van der Waals surface area contributed by atoms with Crippen molar-refractivity contribution in [2.24, 2.45) is 23.5 Å². The zero-order chi connectivity index (χ0) is 13.4. The highest BCUT2D eigenvalue weighted by atomic mass is 16.5. The van der Waals surface area contributed by atoms with Gasteiger partial charge in [0.1, 0.15) is 5.75 Å². The van der Waals surface area contributed by atoms with Gasteiger partial charge >= 0.3 is 0 Å². The van der Waals surface area contributed by atoms with E-state index in [1.165, 1.54) is 31.2 Å². The van der Waals surface area contributed by atoms with Gasteiger partial charge in [-0.1, -0.05) is 18.6 Å². The van der Waals surface area contributed by atoms with Crippen molar-refractivity contribution in [3.63, 3.8) is 0 Å². The van der Waals surface area contributed by atoms with Crippen LogP contribution >= 0.6 is 0 Å². The lowest BCUT2D eigenvalue weighted by atomic mass is 9.81. The quantitative estimate of drug-likeness (QED) is 0.889. The van der Waals surface area contributed by atoms with Gasteiger partial charge in [-0.2, -0.15) is 0 Å². The largest absolute Gasteiger partial charge is 0.491 e. The lowest BCUT2D eigenvalue weighted by Gasteiger charge is -2.28. The molecule has 2 aliphatic rings. The van der Waals surface area contributed by atoms with E-state index >= 15 is 0 Å². The van der Waals surface area contributed by atoms with Gasteiger partial charge in [0, 0.05) is 6.04 Å².